The number of hydrogen-bond donors (Lipinski definition) is 0. The van der Waals surface area contributed by atoms with Crippen molar-refractivity contribution in [2.45, 2.75) is 9.64 Å². The summed E-state index contributed by atoms with van der Waals surface area (Å²) in [7, 11) is 12.6. The maximum Gasteiger partial charge on any atom is 0.115 e. The lowest BCUT2D eigenvalue weighted by atomic mass is 9.83. The molecule has 3 aromatic rings. The van der Waals surface area contributed by atoms with Crippen LogP contribution in [0, 0.1) is 0 Å². The molecule has 1 aliphatic heterocycles. The summed E-state index contributed by atoms with van der Waals surface area (Å²) >= 11 is 0. The Morgan fingerprint density at radius 2 is 1.06 bits per heavy atom. The second-order valence-corrected chi connectivity index (χ2v) is 11.6. The molecular weight excluding hydrogens is 422 g/mol. The molecule has 1 aliphatic rings. The Morgan fingerprint density at radius 3 is 1.48 bits per heavy atom. The molecule has 0 N–H and O–H groups in total. The summed E-state index contributed by atoms with van der Waals surface area (Å²) in [6.45, 7) is 0. The zero-order valence-corrected chi connectivity index (χ0v) is 20.6. The molecule has 162 valence electrons. The lowest BCUT2D eigenvalue weighted by Crippen LogP contribution is -2.23. The standard InChI is InChI=1S/C25H29N3OS2/c1-26(2)20-11-7-18(8-12-20)25(19-9-13-21(14-10-19)27(3)4)23-16-15-22(28(5)6)17-24(23)31(29)30-25/h7-17H,1-6H3. The quantitative estimate of drug-likeness (QED) is 0.512. The first-order valence-corrected chi connectivity index (χ1v) is 12.7. The summed E-state index contributed by atoms with van der Waals surface area (Å²) in [4.78, 5) is 7.16. The Morgan fingerprint density at radius 1 is 0.645 bits per heavy atom. The van der Waals surface area contributed by atoms with Crippen LogP contribution in [0.5, 0.6) is 0 Å². The molecule has 0 radical (unpaired) electrons. The van der Waals surface area contributed by atoms with Crippen LogP contribution < -0.4 is 14.7 Å². The number of anilines is 3. The van der Waals surface area contributed by atoms with E-state index < -0.39 is 14.6 Å². The average Bonchev–Trinajstić information content (AvgIpc) is 3.06. The predicted octanol–water partition coefficient (Wildman–Crippen LogP) is 4.95. The van der Waals surface area contributed by atoms with Gasteiger partial charge in [0.1, 0.15) is 14.6 Å². The van der Waals surface area contributed by atoms with Gasteiger partial charge < -0.3 is 14.7 Å². The zero-order valence-electron chi connectivity index (χ0n) is 18.9. The van der Waals surface area contributed by atoms with Crippen molar-refractivity contribution >= 4 is 37.7 Å². The molecule has 0 spiro atoms. The molecule has 0 saturated heterocycles. The van der Waals surface area contributed by atoms with Gasteiger partial charge in [0, 0.05) is 59.3 Å². The smallest absolute Gasteiger partial charge is 0.115 e. The molecule has 1 unspecified atom stereocenters. The predicted molar refractivity (Wildman–Crippen MR) is 136 cm³/mol. The van der Waals surface area contributed by atoms with Crippen LogP contribution in [0.3, 0.4) is 0 Å². The lowest BCUT2D eigenvalue weighted by molar-refractivity contribution is 0.692. The highest BCUT2D eigenvalue weighted by atomic mass is 33.1. The van der Waals surface area contributed by atoms with E-state index in [2.05, 4.69) is 81.4 Å². The second kappa shape index (κ2) is 8.24. The molecule has 0 bridgehead atoms. The van der Waals surface area contributed by atoms with Crippen molar-refractivity contribution in [2.24, 2.45) is 0 Å². The van der Waals surface area contributed by atoms with Crippen LogP contribution in [0.2, 0.25) is 0 Å². The van der Waals surface area contributed by atoms with E-state index >= 15 is 0 Å². The van der Waals surface area contributed by atoms with E-state index in [1.54, 1.807) is 0 Å². The first-order valence-electron chi connectivity index (χ1n) is 10.2. The SMILES string of the molecule is CN(C)c1ccc(C2(c3ccc(N(C)C)cc3)SS(=O)c3cc(N(C)C)ccc32)cc1. The highest BCUT2D eigenvalue weighted by Gasteiger charge is 2.47. The number of hydrogen-bond acceptors (Lipinski definition) is 5. The van der Waals surface area contributed by atoms with Gasteiger partial charge in [0.25, 0.3) is 0 Å². The molecule has 0 aromatic heterocycles. The van der Waals surface area contributed by atoms with Gasteiger partial charge in [-0.15, -0.1) is 0 Å². The van der Waals surface area contributed by atoms with Gasteiger partial charge in [-0.3, -0.25) is 0 Å². The summed E-state index contributed by atoms with van der Waals surface area (Å²) in [5, 5.41) is 0. The zero-order chi connectivity index (χ0) is 22.3. The topological polar surface area (TPSA) is 26.8 Å². The van der Waals surface area contributed by atoms with Crippen molar-refractivity contribution in [3.05, 3.63) is 83.4 Å². The van der Waals surface area contributed by atoms with Gasteiger partial charge in [0.15, 0.2) is 0 Å². The van der Waals surface area contributed by atoms with Gasteiger partial charge in [-0.05, 0) is 63.9 Å². The van der Waals surface area contributed by atoms with E-state index in [9.17, 15) is 4.21 Å². The minimum absolute atomic E-state index is 0.513. The Hall–Kier alpha value is -2.44. The molecule has 3 aromatic carbocycles. The Bertz CT molecular complexity index is 1060. The van der Waals surface area contributed by atoms with Crippen molar-refractivity contribution in [3.8, 4) is 0 Å². The number of rotatable bonds is 5. The van der Waals surface area contributed by atoms with Gasteiger partial charge in [-0.1, -0.05) is 30.3 Å². The van der Waals surface area contributed by atoms with Gasteiger partial charge in [0.2, 0.25) is 0 Å². The number of benzene rings is 3. The van der Waals surface area contributed by atoms with Crippen molar-refractivity contribution in [1.29, 1.82) is 0 Å². The molecule has 1 heterocycles. The van der Waals surface area contributed by atoms with Gasteiger partial charge >= 0.3 is 0 Å². The normalized spacial score (nSPS) is 16.6. The van der Waals surface area contributed by atoms with Crippen molar-refractivity contribution in [2.75, 3.05) is 57.0 Å². The van der Waals surface area contributed by atoms with Crippen molar-refractivity contribution in [3.63, 3.8) is 0 Å². The van der Waals surface area contributed by atoms with Crippen molar-refractivity contribution in [1.82, 2.24) is 0 Å². The lowest BCUT2D eigenvalue weighted by Gasteiger charge is -2.31. The van der Waals surface area contributed by atoms with Crippen LogP contribution in [-0.4, -0.2) is 46.5 Å². The minimum atomic E-state index is -1.15. The van der Waals surface area contributed by atoms with Crippen LogP contribution in [-0.2, 0) is 14.6 Å². The first kappa shape index (κ1) is 21.8. The fourth-order valence-electron chi connectivity index (χ4n) is 3.98. The molecular formula is C25H29N3OS2. The van der Waals surface area contributed by atoms with E-state index in [0.717, 1.165) is 38.6 Å². The Labute approximate surface area is 191 Å². The molecule has 4 nitrogen and oxygen atoms in total. The van der Waals surface area contributed by atoms with E-state index in [1.165, 1.54) is 10.8 Å². The maximum absolute atomic E-state index is 13.4. The summed E-state index contributed by atoms with van der Waals surface area (Å²) < 4.78 is 12.9. The maximum atomic E-state index is 13.4. The van der Waals surface area contributed by atoms with Crippen LogP contribution in [0.4, 0.5) is 17.1 Å². The Kier molecular flexibility index (Phi) is 5.79. The van der Waals surface area contributed by atoms with E-state index in [1.807, 2.05) is 42.3 Å². The molecule has 4 rings (SSSR count). The van der Waals surface area contributed by atoms with Crippen molar-refractivity contribution < 1.29 is 4.21 Å². The van der Waals surface area contributed by atoms with E-state index in [-0.39, 0.29) is 0 Å². The van der Waals surface area contributed by atoms with Crippen LogP contribution in [0.15, 0.2) is 71.6 Å². The average molecular weight is 452 g/mol. The van der Waals surface area contributed by atoms with Crippen LogP contribution >= 0.6 is 10.8 Å². The molecule has 0 amide bonds. The second-order valence-electron chi connectivity index (χ2n) is 8.46. The molecule has 1 atom stereocenters. The third-order valence-electron chi connectivity index (χ3n) is 5.82. The number of nitrogens with zero attached hydrogens (tertiary/aromatic N) is 3. The monoisotopic (exact) mass is 451 g/mol. The minimum Gasteiger partial charge on any atom is -0.378 e. The van der Waals surface area contributed by atoms with Crippen LogP contribution in [0.1, 0.15) is 16.7 Å². The van der Waals surface area contributed by atoms with Gasteiger partial charge in [-0.25, -0.2) is 4.21 Å². The Balaban J connectivity index is 1.94. The fraction of sp³-hybridized carbons (Fsp3) is 0.280. The van der Waals surface area contributed by atoms with Crippen LogP contribution in [0.25, 0.3) is 0 Å². The molecule has 0 saturated carbocycles. The highest BCUT2D eigenvalue weighted by Crippen LogP contribution is 2.58. The summed E-state index contributed by atoms with van der Waals surface area (Å²) in [6.07, 6.45) is 0. The third-order valence-corrected chi connectivity index (χ3v) is 9.35. The highest BCUT2D eigenvalue weighted by molar-refractivity contribution is 8.70. The molecule has 0 fully saturated rings. The fourth-order valence-corrected chi connectivity index (χ4v) is 7.93. The summed E-state index contributed by atoms with van der Waals surface area (Å²) in [6, 6.07) is 23.6. The molecule has 0 aliphatic carbocycles. The van der Waals surface area contributed by atoms with E-state index in [4.69, 9.17) is 0 Å². The summed E-state index contributed by atoms with van der Waals surface area (Å²) in [5.74, 6) is 0. The van der Waals surface area contributed by atoms with E-state index in [0.29, 0.717) is 0 Å². The largest absolute Gasteiger partial charge is 0.378 e. The third kappa shape index (κ3) is 3.72. The summed E-state index contributed by atoms with van der Waals surface area (Å²) in [5.41, 5.74) is 6.75. The van der Waals surface area contributed by atoms with Gasteiger partial charge in [-0.2, -0.15) is 0 Å². The first-order chi connectivity index (χ1) is 14.7. The molecule has 6 heteroatoms. The number of fused-ring (bicyclic) bond motifs is 1. The van der Waals surface area contributed by atoms with Gasteiger partial charge in [0.05, 0.1) is 4.90 Å². The molecule has 31 heavy (non-hydrogen) atoms.